The summed E-state index contributed by atoms with van der Waals surface area (Å²) in [6.07, 6.45) is 1.86. The van der Waals surface area contributed by atoms with Crippen LogP contribution in [0.3, 0.4) is 0 Å². The van der Waals surface area contributed by atoms with E-state index >= 15 is 0 Å². The number of benzene rings is 3. The summed E-state index contributed by atoms with van der Waals surface area (Å²) in [4.78, 5) is 3.17. The molecule has 0 saturated heterocycles. The van der Waals surface area contributed by atoms with E-state index in [1.807, 2.05) is 80.6 Å². The number of fused-ring (bicyclic) bond motifs is 1. The Bertz CT molecular complexity index is 1850. The SMILES string of the molecule is CC(C)C1=C(c2c(-c3cc(-c4ccccc4)sc3C(C)C)oc3ccccc23)C=C(c2ccccc2)S1(=O)=O. The highest BCUT2D eigenvalue weighted by molar-refractivity contribution is 8.04. The highest BCUT2D eigenvalue weighted by atomic mass is 32.2. The highest BCUT2D eigenvalue weighted by Crippen LogP contribution is 2.51. The maximum atomic E-state index is 14.0. The molecule has 6 rings (SSSR count). The molecule has 1 aliphatic rings. The van der Waals surface area contributed by atoms with E-state index in [0.717, 1.165) is 39.0 Å². The Labute approximate surface area is 234 Å². The average Bonchev–Trinajstić information content (AvgIpc) is 3.61. The summed E-state index contributed by atoms with van der Waals surface area (Å²) in [6, 6.07) is 29.9. The fourth-order valence-corrected chi connectivity index (χ4v) is 8.65. The van der Waals surface area contributed by atoms with Gasteiger partial charge in [-0.05, 0) is 41.2 Å². The van der Waals surface area contributed by atoms with Gasteiger partial charge in [-0.1, -0.05) is 107 Å². The molecule has 5 aromatic rings. The predicted molar refractivity (Wildman–Crippen MR) is 164 cm³/mol. The standard InChI is InChI=1S/C34H30O3S2/c1-21(2)33-27(19-29(38-33)23-13-7-5-8-14-23)32-31(25-17-11-12-18-28(25)37-32)26-20-30(24-15-9-6-10-16-24)39(35,36)34(26)22(3)4/h5-22H,1-4H3. The van der Waals surface area contributed by atoms with Crippen LogP contribution in [0.5, 0.6) is 0 Å². The van der Waals surface area contributed by atoms with Crippen molar-refractivity contribution in [3.63, 3.8) is 0 Å². The molecular weight excluding hydrogens is 521 g/mol. The third-order valence-corrected chi connectivity index (χ3v) is 10.8. The van der Waals surface area contributed by atoms with Crippen molar-refractivity contribution < 1.29 is 12.8 Å². The molecule has 3 nitrogen and oxygen atoms in total. The molecule has 3 heterocycles. The van der Waals surface area contributed by atoms with Gasteiger partial charge < -0.3 is 4.42 Å². The van der Waals surface area contributed by atoms with Crippen molar-refractivity contribution >= 4 is 42.6 Å². The first kappa shape index (κ1) is 25.6. The van der Waals surface area contributed by atoms with Gasteiger partial charge in [0.2, 0.25) is 9.84 Å². The molecule has 0 aliphatic carbocycles. The number of thiophene rings is 1. The zero-order valence-electron chi connectivity index (χ0n) is 22.4. The number of furan rings is 1. The summed E-state index contributed by atoms with van der Waals surface area (Å²) < 4.78 is 34.7. The van der Waals surface area contributed by atoms with Gasteiger partial charge in [0.25, 0.3) is 0 Å². The zero-order valence-corrected chi connectivity index (χ0v) is 24.1. The fraction of sp³-hybridized carbons (Fsp3) is 0.176. The second-order valence-electron chi connectivity index (χ2n) is 10.5. The zero-order chi connectivity index (χ0) is 27.3. The number of para-hydroxylation sites is 1. The summed E-state index contributed by atoms with van der Waals surface area (Å²) in [5.74, 6) is 0.799. The Kier molecular flexibility index (Phi) is 6.44. The Morgan fingerprint density at radius 1 is 0.744 bits per heavy atom. The van der Waals surface area contributed by atoms with Crippen LogP contribution in [0.4, 0.5) is 0 Å². The van der Waals surface area contributed by atoms with Crippen LogP contribution in [0.25, 0.3) is 43.2 Å². The second-order valence-corrected chi connectivity index (χ2v) is 13.5. The van der Waals surface area contributed by atoms with Crippen molar-refractivity contribution in [1.29, 1.82) is 0 Å². The van der Waals surface area contributed by atoms with Crippen LogP contribution in [0, 0.1) is 5.92 Å². The first-order valence-electron chi connectivity index (χ1n) is 13.2. The van der Waals surface area contributed by atoms with Crippen molar-refractivity contribution in [1.82, 2.24) is 0 Å². The molecule has 0 unspecified atom stereocenters. The van der Waals surface area contributed by atoms with E-state index in [0.29, 0.717) is 15.4 Å². The van der Waals surface area contributed by atoms with Gasteiger partial charge in [-0.3, -0.25) is 0 Å². The molecule has 0 saturated carbocycles. The van der Waals surface area contributed by atoms with E-state index in [1.165, 1.54) is 9.75 Å². The maximum Gasteiger partial charge on any atom is 0.204 e. The number of sulfone groups is 1. The van der Waals surface area contributed by atoms with Crippen LogP contribution < -0.4 is 0 Å². The summed E-state index contributed by atoms with van der Waals surface area (Å²) in [6.45, 7) is 8.29. The van der Waals surface area contributed by atoms with Gasteiger partial charge in [0.15, 0.2) is 0 Å². The van der Waals surface area contributed by atoms with Gasteiger partial charge in [0, 0.05) is 31.8 Å². The van der Waals surface area contributed by atoms with Crippen molar-refractivity contribution in [2.24, 2.45) is 5.92 Å². The minimum Gasteiger partial charge on any atom is -0.455 e. The first-order chi connectivity index (χ1) is 18.8. The first-order valence-corrected chi connectivity index (χ1v) is 15.5. The molecule has 0 radical (unpaired) electrons. The van der Waals surface area contributed by atoms with Crippen molar-refractivity contribution in [2.45, 2.75) is 33.6 Å². The number of rotatable bonds is 6. The topological polar surface area (TPSA) is 47.3 Å². The monoisotopic (exact) mass is 550 g/mol. The minimum atomic E-state index is -3.69. The maximum absolute atomic E-state index is 14.0. The van der Waals surface area contributed by atoms with Crippen molar-refractivity contribution in [2.75, 3.05) is 0 Å². The molecule has 3 aromatic carbocycles. The summed E-state index contributed by atoms with van der Waals surface area (Å²) >= 11 is 1.77. The van der Waals surface area contributed by atoms with Gasteiger partial charge in [0.1, 0.15) is 11.3 Å². The molecule has 0 spiro atoms. The molecule has 1 aliphatic heterocycles. The third kappa shape index (κ3) is 4.30. The van der Waals surface area contributed by atoms with Gasteiger partial charge in [-0.25, -0.2) is 8.42 Å². The molecule has 2 aromatic heterocycles. The molecule has 0 amide bonds. The molecular formula is C34H30O3S2. The Balaban J connectivity index is 1.67. The minimum absolute atomic E-state index is 0.198. The molecule has 5 heteroatoms. The van der Waals surface area contributed by atoms with Crippen LogP contribution in [0.15, 0.2) is 106 Å². The largest absolute Gasteiger partial charge is 0.455 e. The molecule has 196 valence electrons. The molecule has 0 N–H and O–H groups in total. The van der Waals surface area contributed by atoms with Crippen LogP contribution in [0.2, 0.25) is 0 Å². The van der Waals surface area contributed by atoms with Crippen molar-refractivity contribution in [3.8, 4) is 21.8 Å². The third-order valence-electron chi connectivity index (χ3n) is 7.16. The molecule has 0 bridgehead atoms. The molecule has 0 atom stereocenters. The lowest BCUT2D eigenvalue weighted by atomic mass is 9.93. The van der Waals surface area contributed by atoms with Crippen LogP contribution in [-0.4, -0.2) is 8.42 Å². The van der Waals surface area contributed by atoms with E-state index in [2.05, 4.69) is 44.2 Å². The molecule has 0 fully saturated rings. The predicted octanol–water partition coefficient (Wildman–Crippen LogP) is 9.79. The smallest absolute Gasteiger partial charge is 0.204 e. The van der Waals surface area contributed by atoms with E-state index in [1.54, 1.807) is 11.3 Å². The number of hydrogen-bond acceptors (Lipinski definition) is 4. The molecule has 39 heavy (non-hydrogen) atoms. The normalized spacial score (nSPS) is 15.1. The lowest BCUT2D eigenvalue weighted by molar-refractivity contribution is 0.605. The quantitative estimate of drug-likeness (QED) is 0.211. The van der Waals surface area contributed by atoms with E-state index in [9.17, 15) is 8.42 Å². The summed E-state index contributed by atoms with van der Waals surface area (Å²) in [5, 5.41) is 0.920. The lowest BCUT2D eigenvalue weighted by Gasteiger charge is -2.13. The fourth-order valence-electron chi connectivity index (χ4n) is 5.46. The Morgan fingerprint density at radius 2 is 1.36 bits per heavy atom. The average molecular weight is 551 g/mol. The second kappa shape index (κ2) is 9.82. The number of hydrogen-bond donors (Lipinski definition) is 0. The van der Waals surface area contributed by atoms with E-state index in [-0.39, 0.29) is 11.8 Å². The highest BCUT2D eigenvalue weighted by Gasteiger charge is 2.38. The summed E-state index contributed by atoms with van der Waals surface area (Å²) in [5.41, 5.74) is 5.21. The number of allylic oxidation sites excluding steroid dienone is 3. The van der Waals surface area contributed by atoms with Crippen LogP contribution in [0.1, 0.15) is 49.6 Å². The van der Waals surface area contributed by atoms with Gasteiger partial charge in [-0.2, -0.15) is 0 Å². The van der Waals surface area contributed by atoms with E-state index < -0.39 is 9.84 Å². The van der Waals surface area contributed by atoms with Crippen molar-refractivity contribution in [3.05, 3.63) is 118 Å². The Morgan fingerprint density at radius 3 is 2.00 bits per heavy atom. The van der Waals surface area contributed by atoms with Crippen LogP contribution in [-0.2, 0) is 9.84 Å². The lowest BCUT2D eigenvalue weighted by Crippen LogP contribution is -2.08. The van der Waals surface area contributed by atoms with E-state index in [4.69, 9.17) is 4.42 Å². The van der Waals surface area contributed by atoms with Gasteiger partial charge >= 0.3 is 0 Å². The van der Waals surface area contributed by atoms with Gasteiger partial charge in [-0.15, -0.1) is 11.3 Å². The summed E-state index contributed by atoms with van der Waals surface area (Å²) in [7, 11) is -3.69. The van der Waals surface area contributed by atoms with Gasteiger partial charge in [0.05, 0.1) is 9.81 Å². The Hall–Kier alpha value is -3.67. The van der Waals surface area contributed by atoms with Crippen LogP contribution >= 0.6 is 11.3 Å².